The lowest BCUT2D eigenvalue weighted by Crippen LogP contribution is -2.39. The summed E-state index contributed by atoms with van der Waals surface area (Å²) in [5.74, 6) is 1.45. The molecule has 2 aromatic rings. The maximum atomic E-state index is 12.3. The van der Waals surface area contributed by atoms with Gasteiger partial charge < -0.3 is 10.6 Å². The Hall–Kier alpha value is -1.63. The number of piperidine rings is 1. The number of hydrogen-bond donors (Lipinski definition) is 2. The molecular formula is C18H25Cl2N5O. The largest absolute Gasteiger partial charge is 0.352 e. The monoisotopic (exact) mass is 397 g/mol. The Morgan fingerprint density at radius 3 is 2.69 bits per heavy atom. The third-order valence-electron chi connectivity index (χ3n) is 5.08. The van der Waals surface area contributed by atoms with Gasteiger partial charge in [-0.1, -0.05) is 0 Å². The van der Waals surface area contributed by atoms with Gasteiger partial charge in [-0.2, -0.15) is 5.10 Å². The van der Waals surface area contributed by atoms with Crippen molar-refractivity contribution in [2.45, 2.75) is 50.7 Å². The molecule has 2 fully saturated rings. The molecule has 2 atom stereocenters. The molecule has 1 amide bonds. The molecule has 4 rings (SSSR count). The van der Waals surface area contributed by atoms with Gasteiger partial charge in [0, 0.05) is 43.6 Å². The van der Waals surface area contributed by atoms with E-state index >= 15 is 0 Å². The Balaban J connectivity index is 0.00000121. The lowest BCUT2D eigenvalue weighted by molar-refractivity contribution is -0.122. The van der Waals surface area contributed by atoms with E-state index in [4.69, 9.17) is 0 Å². The first-order valence-corrected chi connectivity index (χ1v) is 8.74. The molecule has 0 aliphatic carbocycles. The second kappa shape index (κ2) is 9.35. The van der Waals surface area contributed by atoms with Crippen LogP contribution in [0.25, 0.3) is 5.82 Å². The lowest BCUT2D eigenvalue weighted by Gasteiger charge is -2.28. The maximum Gasteiger partial charge on any atom is 0.220 e. The molecule has 0 radical (unpaired) electrons. The molecule has 4 heterocycles. The minimum atomic E-state index is 0. The first-order valence-electron chi connectivity index (χ1n) is 8.74. The summed E-state index contributed by atoms with van der Waals surface area (Å²) in [7, 11) is 0. The van der Waals surface area contributed by atoms with Crippen molar-refractivity contribution >= 4 is 30.7 Å². The van der Waals surface area contributed by atoms with Gasteiger partial charge in [0.2, 0.25) is 5.91 Å². The standard InChI is InChI=1S/C18H23N5O.2ClH/c24-18(11-14-8-15-2-3-16(9-14)22-15)20-12-13-4-6-19-17(10-13)23-7-1-5-21-23;;/h1,4-7,10,14-16,22H,2-3,8-9,11-12H2,(H,20,24);2*1H. The van der Waals surface area contributed by atoms with E-state index in [0.29, 0.717) is 31.0 Å². The molecule has 0 aromatic carbocycles. The summed E-state index contributed by atoms with van der Waals surface area (Å²) < 4.78 is 1.72. The van der Waals surface area contributed by atoms with Crippen LogP contribution in [0.3, 0.4) is 0 Å². The van der Waals surface area contributed by atoms with E-state index in [0.717, 1.165) is 24.2 Å². The van der Waals surface area contributed by atoms with E-state index < -0.39 is 0 Å². The third-order valence-corrected chi connectivity index (χ3v) is 5.08. The molecule has 6 nitrogen and oxygen atoms in total. The Kier molecular flexibility index (Phi) is 7.43. The number of fused-ring (bicyclic) bond motifs is 2. The minimum Gasteiger partial charge on any atom is -0.352 e. The average Bonchev–Trinajstić information content (AvgIpc) is 3.23. The van der Waals surface area contributed by atoms with Crippen LogP contribution >= 0.6 is 24.8 Å². The van der Waals surface area contributed by atoms with Crippen molar-refractivity contribution in [3.8, 4) is 5.82 Å². The van der Waals surface area contributed by atoms with Gasteiger partial charge in [-0.05, 0) is 55.4 Å². The number of hydrogen-bond acceptors (Lipinski definition) is 4. The van der Waals surface area contributed by atoms with E-state index in [2.05, 4.69) is 20.7 Å². The normalized spacial score (nSPS) is 23.6. The van der Waals surface area contributed by atoms with Crippen molar-refractivity contribution in [1.29, 1.82) is 0 Å². The SMILES string of the molecule is Cl.Cl.O=C(CC1CC2CCC(C1)N2)NCc1ccnc(-n2cccn2)c1. The molecule has 2 saturated heterocycles. The Bertz CT molecular complexity index is 697. The number of amides is 1. The van der Waals surface area contributed by atoms with Crippen LogP contribution < -0.4 is 10.6 Å². The Morgan fingerprint density at radius 1 is 1.23 bits per heavy atom. The average molecular weight is 398 g/mol. The summed E-state index contributed by atoms with van der Waals surface area (Å²) in [6.07, 6.45) is 10.8. The maximum absolute atomic E-state index is 12.3. The molecule has 2 aromatic heterocycles. The van der Waals surface area contributed by atoms with Crippen LogP contribution in [-0.2, 0) is 11.3 Å². The van der Waals surface area contributed by atoms with Gasteiger partial charge >= 0.3 is 0 Å². The summed E-state index contributed by atoms with van der Waals surface area (Å²) in [6, 6.07) is 7.02. The molecule has 2 N–H and O–H groups in total. The van der Waals surface area contributed by atoms with Crippen LogP contribution in [0.1, 0.15) is 37.7 Å². The van der Waals surface area contributed by atoms with Crippen LogP contribution in [0.15, 0.2) is 36.8 Å². The van der Waals surface area contributed by atoms with Gasteiger partial charge in [-0.15, -0.1) is 24.8 Å². The molecule has 2 unspecified atom stereocenters. The Morgan fingerprint density at radius 2 is 2.00 bits per heavy atom. The second-order valence-corrected chi connectivity index (χ2v) is 6.93. The lowest BCUT2D eigenvalue weighted by atomic mass is 9.89. The smallest absolute Gasteiger partial charge is 0.220 e. The van der Waals surface area contributed by atoms with Gasteiger partial charge in [-0.25, -0.2) is 9.67 Å². The number of carbonyl (C=O) groups is 1. The molecule has 2 aliphatic rings. The number of rotatable bonds is 5. The highest BCUT2D eigenvalue weighted by molar-refractivity contribution is 5.85. The molecular weight excluding hydrogens is 373 g/mol. The molecule has 0 spiro atoms. The van der Waals surface area contributed by atoms with Crippen LogP contribution in [0.4, 0.5) is 0 Å². The van der Waals surface area contributed by atoms with Crippen LogP contribution in [0.2, 0.25) is 0 Å². The quantitative estimate of drug-likeness (QED) is 0.813. The molecule has 142 valence electrons. The fourth-order valence-electron chi connectivity index (χ4n) is 3.98. The van der Waals surface area contributed by atoms with Crippen molar-refractivity contribution in [1.82, 2.24) is 25.4 Å². The molecule has 0 saturated carbocycles. The van der Waals surface area contributed by atoms with Crippen LogP contribution in [-0.4, -0.2) is 32.8 Å². The summed E-state index contributed by atoms with van der Waals surface area (Å²) in [5, 5.41) is 10.9. The number of carbonyl (C=O) groups excluding carboxylic acids is 1. The van der Waals surface area contributed by atoms with Gasteiger partial charge in [0.25, 0.3) is 0 Å². The van der Waals surface area contributed by atoms with Gasteiger partial charge in [0.15, 0.2) is 5.82 Å². The van der Waals surface area contributed by atoms with Crippen LogP contribution in [0, 0.1) is 5.92 Å². The zero-order chi connectivity index (χ0) is 16.4. The first kappa shape index (κ1) is 20.7. The Labute approximate surface area is 166 Å². The molecule has 26 heavy (non-hydrogen) atoms. The van der Waals surface area contributed by atoms with Gasteiger partial charge in [0.05, 0.1) is 0 Å². The van der Waals surface area contributed by atoms with Gasteiger partial charge in [0.1, 0.15) is 0 Å². The first-order chi connectivity index (χ1) is 11.8. The zero-order valence-electron chi connectivity index (χ0n) is 14.5. The van der Waals surface area contributed by atoms with Crippen molar-refractivity contribution in [3.63, 3.8) is 0 Å². The fraction of sp³-hybridized carbons (Fsp3) is 0.500. The predicted molar refractivity (Wildman–Crippen MR) is 105 cm³/mol. The molecule has 2 aliphatic heterocycles. The van der Waals surface area contributed by atoms with Crippen molar-refractivity contribution in [2.24, 2.45) is 5.92 Å². The number of halogens is 2. The van der Waals surface area contributed by atoms with E-state index in [-0.39, 0.29) is 30.7 Å². The summed E-state index contributed by atoms with van der Waals surface area (Å²) in [5.41, 5.74) is 1.04. The summed E-state index contributed by atoms with van der Waals surface area (Å²) in [6.45, 7) is 0.535. The third kappa shape index (κ3) is 4.96. The fourth-order valence-corrected chi connectivity index (χ4v) is 3.98. The topological polar surface area (TPSA) is 71.8 Å². The highest BCUT2D eigenvalue weighted by atomic mass is 35.5. The van der Waals surface area contributed by atoms with E-state index in [1.54, 1.807) is 17.1 Å². The van der Waals surface area contributed by atoms with E-state index in [1.807, 2.05) is 24.4 Å². The van der Waals surface area contributed by atoms with Gasteiger partial charge in [-0.3, -0.25) is 4.79 Å². The van der Waals surface area contributed by atoms with Crippen LogP contribution in [0.5, 0.6) is 0 Å². The number of nitrogens with one attached hydrogen (secondary N) is 2. The van der Waals surface area contributed by atoms with E-state index in [1.165, 1.54) is 12.8 Å². The number of pyridine rings is 1. The van der Waals surface area contributed by atoms with Crippen molar-refractivity contribution in [2.75, 3.05) is 0 Å². The second-order valence-electron chi connectivity index (χ2n) is 6.93. The van der Waals surface area contributed by atoms with E-state index in [9.17, 15) is 4.79 Å². The molecule has 2 bridgehead atoms. The number of aromatic nitrogens is 3. The van der Waals surface area contributed by atoms with Crippen molar-refractivity contribution in [3.05, 3.63) is 42.4 Å². The highest BCUT2D eigenvalue weighted by Gasteiger charge is 2.34. The predicted octanol–water partition coefficient (Wildman–Crippen LogP) is 2.65. The summed E-state index contributed by atoms with van der Waals surface area (Å²) in [4.78, 5) is 16.6. The summed E-state index contributed by atoms with van der Waals surface area (Å²) >= 11 is 0. The highest BCUT2D eigenvalue weighted by Crippen LogP contribution is 2.32. The number of nitrogens with zero attached hydrogens (tertiary/aromatic N) is 3. The van der Waals surface area contributed by atoms with Crippen molar-refractivity contribution < 1.29 is 4.79 Å². The zero-order valence-corrected chi connectivity index (χ0v) is 16.1. The molecule has 8 heteroatoms. The minimum absolute atomic E-state index is 0.